The molecule has 294 valence electrons. The van der Waals surface area contributed by atoms with Crippen molar-refractivity contribution in [2.75, 3.05) is 40.5 Å². The van der Waals surface area contributed by atoms with Crippen LogP contribution in [0.2, 0.25) is 0 Å². The van der Waals surface area contributed by atoms with Crippen LogP contribution >= 0.6 is 11.3 Å². The van der Waals surface area contributed by atoms with Crippen LogP contribution in [-0.4, -0.2) is 106 Å². The summed E-state index contributed by atoms with van der Waals surface area (Å²) < 4.78 is 19.3. The van der Waals surface area contributed by atoms with Gasteiger partial charge in [-0.05, 0) is 62.9 Å². The molecule has 3 amide bonds. The standard InChI is InChI=1S/C40H51N7O7S/c1-7-45-32-12-11-25-18-28(32)29(35(45)27-10-8-15-41-34(27)24(2)53-6)20-39(3,4)23-54-37(49)40(51)14-9-16-47(44-40)36(48)30(19-33-42-31(25)22-55-33)43-38(50)46-17-13-26(46)21-52-5/h8,10-12,15,18,22,24,26,30,44,51H,7,9,13-14,16-17,19-21,23H2,1-6H3,(H,43,50)/t24-,26+,30-,40-/m0/s1. The molecule has 3 aromatic heterocycles. The van der Waals surface area contributed by atoms with Gasteiger partial charge in [0.25, 0.3) is 5.91 Å². The van der Waals surface area contributed by atoms with E-state index in [0.29, 0.717) is 37.5 Å². The third kappa shape index (κ3) is 7.60. The molecule has 15 heteroatoms. The number of urea groups is 1. The van der Waals surface area contributed by atoms with Gasteiger partial charge in [-0.2, -0.15) is 5.43 Å². The first-order chi connectivity index (χ1) is 26.4. The highest BCUT2D eigenvalue weighted by Gasteiger charge is 2.45. The molecule has 0 spiro atoms. The predicted octanol–water partition coefficient (Wildman–Crippen LogP) is 4.84. The number of methoxy groups -OCH3 is 2. The van der Waals surface area contributed by atoms with Gasteiger partial charge in [-0.15, -0.1) is 11.3 Å². The second-order valence-electron chi connectivity index (χ2n) is 15.5. The van der Waals surface area contributed by atoms with Crippen LogP contribution in [-0.2, 0) is 43.2 Å². The minimum atomic E-state index is -2.14. The average molecular weight is 774 g/mol. The average Bonchev–Trinajstić information content (AvgIpc) is 3.75. The zero-order valence-electron chi connectivity index (χ0n) is 32.4. The van der Waals surface area contributed by atoms with E-state index in [9.17, 15) is 19.5 Å². The van der Waals surface area contributed by atoms with E-state index in [1.54, 1.807) is 25.3 Å². The van der Waals surface area contributed by atoms with Crippen LogP contribution in [0.4, 0.5) is 4.79 Å². The van der Waals surface area contributed by atoms with Gasteiger partial charge in [-0.1, -0.05) is 19.9 Å². The summed E-state index contributed by atoms with van der Waals surface area (Å²) in [6, 6.07) is 8.86. The number of aliphatic hydroxyl groups is 1. The monoisotopic (exact) mass is 773 g/mol. The van der Waals surface area contributed by atoms with Crippen molar-refractivity contribution in [3.8, 4) is 22.5 Å². The van der Waals surface area contributed by atoms with Crippen molar-refractivity contribution in [1.29, 1.82) is 0 Å². The maximum atomic E-state index is 14.2. The molecular weight excluding hydrogens is 723 g/mol. The summed E-state index contributed by atoms with van der Waals surface area (Å²) in [5.41, 5.74) is 6.63. The minimum Gasteiger partial charge on any atom is -0.462 e. The highest BCUT2D eigenvalue weighted by atomic mass is 32.1. The quantitative estimate of drug-likeness (QED) is 0.222. The number of esters is 1. The Morgan fingerprint density at radius 3 is 2.76 bits per heavy atom. The fourth-order valence-corrected chi connectivity index (χ4v) is 8.76. The molecule has 0 radical (unpaired) electrons. The topological polar surface area (TPSA) is 160 Å². The van der Waals surface area contributed by atoms with Gasteiger partial charge in [0.2, 0.25) is 5.72 Å². The van der Waals surface area contributed by atoms with E-state index in [1.807, 2.05) is 32.2 Å². The van der Waals surface area contributed by atoms with E-state index in [0.717, 1.165) is 51.1 Å². The number of ether oxygens (including phenoxy) is 3. The molecule has 6 bridgehead atoms. The number of hydrogen-bond donors (Lipinski definition) is 3. The van der Waals surface area contributed by atoms with Crippen molar-refractivity contribution in [2.24, 2.45) is 5.41 Å². The molecule has 2 saturated heterocycles. The van der Waals surface area contributed by atoms with Crippen LogP contribution in [0.3, 0.4) is 0 Å². The number of likely N-dealkylation sites (tertiary alicyclic amines) is 1. The summed E-state index contributed by atoms with van der Waals surface area (Å²) in [5, 5.41) is 19.5. The number of nitrogens with zero attached hydrogens (tertiary/aromatic N) is 5. The van der Waals surface area contributed by atoms with Gasteiger partial charge in [0, 0.05) is 85.7 Å². The molecule has 0 saturated carbocycles. The minimum absolute atomic E-state index is 0.00265. The Labute approximate surface area is 325 Å². The van der Waals surface area contributed by atoms with Crippen molar-refractivity contribution in [3.05, 3.63) is 58.2 Å². The molecule has 4 aromatic rings. The van der Waals surface area contributed by atoms with Crippen molar-refractivity contribution in [1.82, 2.24) is 35.2 Å². The van der Waals surface area contributed by atoms with Gasteiger partial charge in [0.15, 0.2) is 0 Å². The van der Waals surface area contributed by atoms with Gasteiger partial charge in [0.1, 0.15) is 6.04 Å². The van der Waals surface area contributed by atoms with E-state index in [4.69, 9.17) is 24.2 Å². The van der Waals surface area contributed by atoms with E-state index in [-0.39, 0.29) is 44.2 Å². The SMILES string of the molecule is CCn1c(-c2cccnc2[C@H](C)OC)c2c3cc(ccc31)-c1csc(n1)C[C@H](NC(=O)N1CC[C@@H]1COC)C(=O)N1CCC[C@@](O)(N1)C(=O)OCC(C)(C)C2. The maximum absolute atomic E-state index is 14.2. The molecule has 0 unspecified atom stereocenters. The Bertz CT molecular complexity index is 2080. The highest BCUT2D eigenvalue weighted by Crippen LogP contribution is 2.42. The Kier molecular flexibility index (Phi) is 11.0. The number of amides is 3. The molecule has 2 fully saturated rings. The largest absolute Gasteiger partial charge is 0.462 e. The van der Waals surface area contributed by atoms with Crippen molar-refractivity contribution >= 4 is 40.1 Å². The fraction of sp³-hybridized carbons (Fsp3) is 0.525. The Balaban J connectivity index is 1.34. The number of benzene rings is 1. The first kappa shape index (κ1) is 38.8. The van der Waals surface area contributed by atoms with Crippen molar-refractivity contribution in [3.63, 3.8) is 0 Å². The van der Waals surface area contributed by atoms with Crippen LogP contribution < -0.4 is 10.7 Å². The summed E-state index contributed by atoms with van der Waals surface area (Å²) in [4.78, 5) is 52.9. The van der Waals surface area contributed by atoms with E-state index < -0.39 is 29.1 Å². The lowest BCUT2D eigenvalue weighted by atomic mass is 9.84. The zero-order valence-corrected chi connectivity index (χ0v) is 33.2. The van der Waals surface area contributed by atoms with Gasteiger partial charge in [0.05, 0.1) is 47.4 Å². The summed E-state index contributed by atoms with van der Waals surface area (Å²) in [6.45, 7) is 10.0. The summed E-state index contributed by atoms with van der Waals surface area (Å²) in [6.07, 6.45) is 3.35. The molecule has 3 aliphatic heterocycles. The second-order valence-corrected chi connectivity index (χ2v) is 16.5. The number of thiazole rings is 1. The predicted molar refractivity (Wildman–Crippen MR) is 208 cm³/mol. The first-order valence-electron chi connectivity index (χ1n) is 19.0. The second kappa shape index (κ2) is 15.6. The molecule has 0 aliphatic carbocycles. The number of carbonyl (C=O) groups excluding carboxylic acids is 3. The number of fused-ring (bicyclic) bond motifs is 6. The lowest BCUT2D eigenvalue weighted by molar-refractivity contribution is -0.189. The zero-order chi connectivity index (χ0) is 39.1. The van der Waals surface area contributed by atoms with Crippen molar-refractivity contribution < 1.29 is 33.7 Å². The number of pyridine rings is 1. The molecule has 4 atom stereocenters. The van der Waals surface area contributed by atoms with Crippen LogP contribution in [0.5, 0.6) is 0 Å². The van der Waals surface area contributed by atoms with Gasteiger partial charge < -0.3 is 34.1 Å². The molecule has 3 aliphatic rings. The molecule has 1 aromatic carbocycles. The number of aromatic nitrogens is 3. The number of aryl methyl sites for hydroxylation is 1. The third-order valence-electron chi connectivity index (χ3n) is 11.0. The molecular formula is C40H51N7O7S. The van der Waals surface area contributed by atoms with E-state index in [2.05, 4.69) is 46.5 Å². The lowest BCUT2D eigenvalue weighted by Crippen LogP contribution is -2.67. The molecule has 55 heavy (non-hydrogen) atoms. The van der Waals surface area contributed by atoms with E-state index in [1.165, 1.54) is 16.3 Å². The number of cyclic esters (lactones) is 1. The Hall–Kier alpha value is -4.41. The van der Waals surface area contributed by atoms with Gasteiger partial charge >= 0.3 is 12.0 Å². The van der Waals surface area contributed by atoms with Crippen LogP contribution in [0, 0.1) is 5.41 Å². The number of hydrogen-bond acceptors (Lipinski definition) is 11. The molecule has 6 heterocycles. The summed E-state index contributed by atoms with van der Waals surface area (Å²) >= 11 is 1.41. The maximum Gasteiger partial charge on any atom is 0.355 e. The van der Waals surface area contributed by atoms with Crippen LogP contribution in [0.1, 0.15) is 69.3 Å². The highest BCUT2D eigenvalue weighted by molar-refractivity contribution is 7.10. The first-order valence-corrected chi connectivity index (χ1v) is 19.9. The molecule has 3 N–H and O–H groups in total. The Morgan fingerprint density at radius 2 is 2.04 bits per heavy atom. The van der Waals surface area contributed by atoms with Crippen molar-refractivity contribution in [2.45, 2.75) is 90.3 Å². The van der Waals surface area contributed by atoms with Crippen LogP contribution in [0.15, 0.2) is 41.9 Å². The summed E-state index contributed by atoms with van der Waals surface area (Å²) in [7, 11) is 3.27. The number of hydrazine groups is 1. The van der Waals surface area contributed by atoms with Gasteiger partial charge in [-0.3, -0.25) is 14.8 Å². The van der Waals surface area contributed by atoms with E-state index >= 15 is 0 Å². The number of carbonyl (C=O) groups is 3. The molecule has 14 nitrogen and oxygen atoms in total. The Morgan fingerprint density at radius 1 is 1.22 bits per heavy atom. The lowest BCUT2D eigenvalue weighted by Gasteiger charge is -2.42. The third-order valence-corrected chi connectivity index (χ3v) is 11.9. The normalized spacial score (nSPS) is 23.5. The van der Waals surface area contributed by atoms with Gasteiger partial charge in [-0.25, -0.2) is 14.6 Å². The smallest absolute Gasteiger partial charge is 0.355 e. The summed E-state index contributed by atoms with van der Waals surface area (Å²) in [5.74, 6) is -1.35. The van der Waals surface area contributed by atoms with Crippen LogP contribution in [0.25, 0.3) is 33.4 Å². The number of rotatable bonds is 7. The number of nitrogens with one attached hydrogen (secondary N) is 2. The molecule has 7 rings (SSSR count). The fourth-order valence-electron chi connectivity index (χ4n) is 7.91.